The normalized spacial score (nSPS) is 19.4. The Bertz CT molecular complexity index is 866. The number of amides is 3. The molecule has 2 heterocycles. The van der Waals surface area contributed by atoms with Crippen molar-refractivity contribution >= 4 is 24.1 Å². The standard InChI is InChI=1S/C23H31N3O8/c1-5-10-32-21(29)19-16(13-17-18(15(4)27)20(28)26(17)19)14-25(23(31)34-12-7-3)9-8-24-22(30)33-11-6-2/h5-7,15,17-18,27H,1-3,8-14H2,4H3,(H,24,30)/t15-,17-,18-/m1/s1. The van der Waals surface area contributed by atoms with Crippen molar-refractivity contribution in [3.8, 4) is 0 Å². The van der Waals surface area contributed by atoms with E-state index in [9.17, 15) is 24.3 Å². The van der Waals surface area contributed by atoms with E-state index in [1.807, 2.05) is 0 Å². The average Bonchev–Trinajstić information content (AvgIpc) is 3.12. The number of nitrogens with zero attached hydrogens (tertiary/aromatic N) is 2. The molecule has 0 unspecified atom stereocenters. The number of nitrogens with one attached hydrogen (secondary N) is 1. The third kappa shape index (κ3) is 6.25. The first-order chi connectivity index (χ1) is 16.3. The van der Waals surface area contributed by atoms with E-state index in [0.717, 1.165) is 0 Å². The lowest BCUT2D eigenvalue weighted by Crippen LogP contribution is -2.61. The van der Waals surface area contributed by atoms with E-state index in [1.54, 1.807) is 0 Å². The van der Waals surface area contributed by atoms with Gasteiger partial charge in [0.25, 0.3) is 0 Å². The molecule has 2 aliphatic heterocycles. The average molecular weight is 478 g/mol. The Labute approximate surface area is 198 Å². The van der Waals surface area contributed by atoms with E-state index in [-0.39, 0.29) is 57.5 Å². The number of aliphatic hydroxyl groups is 1. The van der Waals surface area contributed by atoms with Gasteiger partial charge >= 0.3 is 18.2 Å². The number of alkyl carbamates (subject to hydrolysis) is 1. The topological polar surface area (TPSA) is 135 Å². The fourth-order valence-electron chi connectivity index (χ4n) is 3.86. The van der Waals surface area contributed by atoms with Crippen molar-refractivity contribution in [3.63, 3.8) is 0 Å². The second-order valence-electron chi connectivity index (χ2n) is 7.69. The van der Waals surface area contributed by atoms with Crippen LogP contribution in [0.2, 0.25) is 0 Å². The van der Waals surface area contributed by atoms with Gasteiger partial charge in [0.1, 0.15) is 25.5 Å². The molecule has 0 aliphatic carbocycles. The highest BCUT2D eigenvalue weighted by Gasteiger charge is 2.57. The number of β-lactam (4-membered cyclic amide) rings is 1. The maximum absolute atomic E-state index is 12.7. The lowest BCUT2D eigenvalue weighted by molar-refractivity contribution is -0.162. The van der Waals surface area contributed by atoms with Crippen LogP contribution in [0.5, 0.6) is 0 Å². The summed E-state index contributed by atoms with van der Waals surface area (Å²) < 4.78 is 15.1. The Kier molecular flexibility index (Phi) is 9.87. The highest BCUT2D eigenvalue weighted by molar-refractivity contribution is 6.00. The van der Waals surface area contributed by atoms with E-state index in [2.05, 4.69) is 25.1 Å². The fourth-order valence-corrected chi connectivity index (χ4v) is 3.86. The van der Waals surface area contributed by atoms with Gasteiger partial charge < -0.3 is 34.4 Å². The van der Waals surface area contributed by atoms with Crippen molar-refractivity contribution < 1.29 is 38.5 Å². The largest absolute Gasteiger partial charge is 0.457 e. The van der Waals surface area contributed by atoms with E-state index in [0.29, 0.717) is 5.57 Å². The summed E-state index contributed by atoms with van der Waals surface area (Å²) in [6.45, 7) is 12.0. The molecule has 1 saturated heterocycles. The number of carbonyl (C=O) groups is 4. The molecule has 1 fully saturated rings. The molecule has 11 heteroatoms. The summed E-state index contributed by atoms with van der Waals surface area (Å²) in [7, 11) is 0. The van der Waals surface area contributed by atoms with Crippen LogP contribution in [0.4, 0.5) is 9.59 Å². The molecule has 0 aromatic carbocycles. The monoisotopic (exact) mass is 477 g/mol. The summed E-state index contributed by atoms with van der Waals surface area (Å²) in [6, 6.07) is -0.410. The number of aliphatic hydroxyl groups excluding tert-OH is 1. The second kappa shape index (κ2) is 12.6. The molecular weight excluding hydrogens is 446 g/mol. The van der Waals surface area contributed by atoms with Gasteiger partial charge in [-0.15, -0.1) is 0 Å². The predicted molar refractivity (Wildman–Crippen MR) is 121 cm³/mol. The van der Waals surface area contributed by atoms with Crippen molar-refractivity contribution in [2.75, 3.05) is 39.5 Å². The minimum absolute atomic E-state index is 0.0330. The second-order valence-corrected chi connectivity index (χ2v) is 7.69. The highest BCUT2D eigenvalue weighted by atomic mass is 16.6. The Balaban J connectivity index is 2.22. The summed E-state index contributed by atoms with van der Waals surface area (Å²) in [5.41, 5.74) is 0.536. The molecule has 3 amide bonds. The van der Waals surface area contributed by atoms with Gasteiger partial charge in [-0.2, -0.15) is 0 Å². The predicted octanol–water partition coefficient (Wildman–Crippen LogP) is 1.12. The van der Waals surface area contributed by atoms with Crippen molar-refractivity contribution in [1.82, 2.24) is 15.1 Å². The number of esters is 1. The number of fused-ring (bicyclic) bond motifs is 1. The summed E-state index contributed by atoms with van der Waals surface area (Å²) in [4.78, 5) is 52.3. The third-order valence-corrected chi connectivity index (χ3v) is 5.29. The van der Waals surface area contributed by atoms with Crippen LogP contribution in [-0.2, 0) is 23.8 Å². The Morgan fingerprint density at radius 2 is 1.76 bits per heavy atom. The van der Waals surface area contributed by atoms with Gasteiger partial charge in [0, 0.05) is 19.6 Å². The number of rotatable bonds is 13. The summed E-state index contributed by atoms with van der Waals surface area (Å²) >= 11 is 0. The molecule has 0 aromatic rings. The van der Waals surface area contributed by atoms with Gasteiger partial charge in [0.2, 0.25) is 5.91 Å². The van der Waals surface area contributed by atoms with Crippen molar-refractivity contribution in [1.29, 1.82) is 0 Å². The van der Waals surface area contributed by atoms with Gasteiger partial charge in [-0.05, 0) is 18.9 Å². The Morgan fingerprint density at radius 3 is 2.38 bits per heavy atom. The Morgan fingerprint density at radius 1 is 1.15 bits per heavy atom. The Hall–Kier alpha value is -3.60. The number of hydrogen-bond donors (Lipinski definition) is 2. The van der Waals surface area contributed by atoms with Crippen LogP contribution in [0, 0.1) is 5.92 Å². The van der Waals surface area contributed by atoms with Gasteiger partial charge in [-0.25, -0.2) is 14.4 Å². The molecule has 0 aromatic heterocycles. The lowest BCUT2D eigenvalue weighted by Gasteiger charge is -2.44. The quantitative estimate of drug-likeness (QED) is 0.174. The summed E-state index contributed by atoms with van der Waals surface area (Å²) in [5, 5.41) is 12.5. The molecule has 2 rings (SSSR count). The van der Waals surface area contributed by atoms with Crippen LogP contribution in [0.3, 0.4) is 0 Å². The molecule has 0 bridgehead atoms. The zero-order valence-corrected chi connectivity index (χ0v) is 19.2. The first kappa shape index (κ1) is 26.7. The van der Waals surface area contributed by atoms with Crippen LogP contribution in [0.1, 0.15) is 13.3 Å². The lowest BCUT2D eigenvalue weighted by atomic mass is 9.83. The molecule has 0 spiro atoms. The van der Waals surface area contributed by atoms with Crippen molar-refractivity contribution in [2.45, 2.75) is 25.5 Å². The van der Waals surface area contributed by atoms with Gasteiger partial charge in [-0.3, -0.25) is 4.79 Å². The molecule has 2 N–H and O–H groups in total. The minimum atomic E-state index is -0.891. The molecule has 186 valence electrons. The van der Waals surface area contributed by atoms with E-state index in [4.69, 9.17) is 14.2 Å². The number of ether oxygens (including phenoxy) is 3. The van der Waals surface area contributed by atoms with Crippen LogP contribution < -0.4 is 5.32 Å². The molecule has 34 heavy (non-hydrogen) atoms. The fraction of sp³-hybridized carbons (Fsp3) is 0.478. The zero-order valence-electron chi connectivity index (χ0n) is 19.2. The molecular formula is C23H31N3O8. The maximum atomic E-state index is 12.7. The van der Waals surface area contributed by atoms with Crippen molar-refractivity contribution in [3.05, 3.63) is 49.2 Å². The van der Waals surface area contributed by atoms with Crippen LogP contribution in [0.15, 0.2) is 49.2 Å². The van der Waals surface area contributed by atoms with Crippen LogP contribution >= 0.6 is 0 Å². The van der Waals surface area contributed by atoms with E-state index >= 15 is 0 Å². The van der Waals surface area contributed by atoms with Gasteiger partial charge in [0.15, 0.2) is 0 Å². The molecule has 2 aliphatic rings. The number of carbonyl (C=O) groups excluding carboxylic acids is 4. The van der Waals surface area contributed by atoms with E-state index < -0.39 is 36.2 Å². The summed E-state index contributed by atoms with van der Waals surface area (Å²) in [6.07, 6.45) is 2.24. The number of hydrogen-bond acceptors (Lipinski definition) is 8. The first-order valence-corrected chi connectivity index (χ1v) is 10.8. The molecule has 0 saturated carbocycles. The SMILES string of the molecule is C=CCOC(=O)NCCN(CC1=C(C(=O)OCC=C)N2C(=O)[C@H]([C@@H](C)O)[C@H]2C1)C(=O)OCC=C. The maximum Gasteiger partial charge on any atom is 0.410 e. The van der Waals surface area contributed by atoms with Crippen LogP contribution in [0.25, 0.3) is 0 Å². The van der Waals surface area contributed by atoms with Gasteiger partial charge in [-0.1, -0.05) is 38.0 Å². The van der Waals surface area contributed by atoms with Crippen molar-refractivity contribution in [2.24, 2.45) is 5.92 Å². The first-order valence-electron chi connectivity index (χ1n) is 10.8. The molecule has 3 atom stereocenters. The minimum Gasteiger partial charge on any atom is -0.457 e. The smallest absolute Gasteiger partial charge is 0.410 e. The van der Waals surface area contributed by atoms with Gasteiger partial charge in [0.05, 0.1) is 18.1 Å². The van der Waals surface area contributed by atoms with Crippen LogP contribution in [-0.4, -0.2) is 90.6 Å². The highest BCUT2D eigenvalue weighted by Crippen LogP contribution is 2.44. The zero-order chi connectivity index (χ0) is 25.3. The van der Waals surface area contributed by atoms with E-state index in [1.165, 1.54) is 35.0 Å². The molecule has 11 nitrogen and oxygen atoms in total. The summed E-state index contributed by atoms with van der Waals surface area (Å²) in [5.74, 6) is -1.75. The third-order valence-electron chi connectivity index (χ3n) is 5.29. The molecule has 0 radical (unpaired) electrons.